The van der Waals surface area contributed by atoms with E-state index in [0.29, 0.717) is 36.7 Å². The first-order valence-electron chi connectivity index (χ1n) is 6.97. The second kappa shape index (κ2) is 6.26. The van der Waals surface area contributed by atoms with Gasteiger partial charge in [0.2, 0.25) is 0 Å². The highest BCUT2D eigenvalue weighted by Gasteiger charge is 2.15. The minimum absolute atomic E-state index is 0.142. The van der Waals surface area contributed by atoms with Gasteiger partial charge in [0.05, 0.1) is 6.54 Å². The fourth-order valence-corrected chi connectivity index (χ4v) is 4.16. The Hall–Kier alpha value is -1.38. The molecule has 3 rings (SSSR count). The van der Waals surface area contributed by atoms with Crippen LogP contribution >= 0.6 is 39.5 Å². The Morgan fingerprint density at radius 2 is 2.13 bits per heavy atom. The van der Waals surface area contributed by atoms with E-state index in [4.69, 9.17) is 12.2 Å². The average molecular weight is 414 g/mol. The zero-order chi connectivity index (χ0) is 16.7. The summed E-state index contributed by atoms with van der Waals surface area (Å²) in [5.74, 6) is 0.185. The third-order valence-corrected chi connectivity index (χ3v) is 5.55. The van der Waals surface area contributed by atoms with E-state index in [-0.39, 0.29) is 17.9 Å². The number of halogens is 2. The third kappa shape index (κ3) is 2.90. The molecule has 120 valence electrons. The van der Waals surface area contributed by atoms with Crippen LogP contribution in [0.15, 0.2) is 27.5 Å². The minimum atomic E-state index is -0.357. The van der Waals surface area contributed by atoms with Crippen molar-refractivity contribution in [3.63, 3.8) is 0 Å². The number of aromatic nitrogens is 3. The monoisotopic (exact) mass is 413 g/mol. The first-order valence-corrected chi connectivity index (χ1v) is 8.98. The zero-order valence-electron chi connectivity index (χ0n) is 12.5. The van der Waals surface area contributed by atoms with Crippen molar-refractivity contribution in [3.05, 3.63) is 54.2 Å². The number of rotatable bonds is 3. The zero-order valence-corrected chi connectivity index (χ0v) is 15.7. The van der Waals surface area contributed by atoms with E-state index in [1.54, 1.807) is 19.1 Å². The van der Waals surface area contributed by atoms with Gasteiger partial charge in [0.15, 0.2) is 9.60 Å². The van der Waals surface area contributed by atoms with Crippen LogP contribution in [0.25, 0.3) is 10.3 Å². The summed E-state index contributed by atoms with van der Waals surface area (Å²) in [5, 5.41) is 0. The quantitative estimate of drug-likeness (QED) is 0.601. The van der Waals surface area contributed by atoms with Crippen LogP contribution < -0.4 is 5.56 Å². The molecule has 0 amide bonds. The van der Waals surface area contributed by atoms with Crippen molar-refractivity contribution in [2.45, 2.75) is 26.9 Å². The van der Waals surface area contributed by atoms with Crippen molar-refractivity contribution in [1.82, 2.24) is 14.1 Å². The maximum atomic E-state index is 14.1. The molecule has 0 unspecified atom stereocenters. The summed E-state index contributed by atoms with van der Waals surface area (Å²) in [5.41, 5.74) is 0.869. The van der Waals surface area contributed by atoms with E-state index >= 15 is 0 Å². The molecule has 1 aromatic carbocycles. The molecular formula is C15H13BrFN3OS2. The molecule has 4 nitrogen and oxygen atoms in total. The molecular weight excluding hydrogens is 401 g/mol. The number of aryl methyl sites for hydroxylation is 2. The largest absolute Gasteiger partial charge is 0.308 e. The number of hydrogen-bond acceptors (Lipinski definition) is 4. The number of benzene rings is 1. The van der Waals surface area contributed by atoms with Crippen LogP contribution in [0.4, 0.5) is 4.39 Å². The van der Waals surface area contributed by atoms with E-state index in [1.165, 1.54) is 22.0 Å². The van der Waals surface area contributed by atoms with Crippen molar-refractivity contribution >= 4 is 49.8 Å². The molecule has 0 radical (unpaired) electrons. The molecule has 2 aromatic heterocycles. The Kier molecular flexibility index (Phi) is 4.48. The smallest absolute Gasteiger partial charge is 0.273 e. The fourth-order valence-electron chi connectivity index (χ4n) is 2.42. The van der Waals surface area contributed by atoms with Crippen molar-refractivity contribution in [1.29, 1.82) is 0 Å². The molecule has 2 heterocycles. The number of nitrogens with zero attached hydrogens (tertiary/aromatic N) is 3. The molecule has 0 saturated carbocycles. The lowest BCUT2D eigenvalue weighted by molar-refractivity contribution is 0.590. The molecule has 0 saturated heterocycles. The lowest BCUT2D eigenvalue weighted by atomic mass is 10.2. The first kappa shape index (κ1) is 16.5. The summed E-state index contributed by atoms with van der Waals surface area (Å²) >= 11 is 9.77. The second-order valence-corrected chi connectivity index (χ2v) is 7.61. The van der Waals surface area contributed by atoms with Crippen molar-refractivity contribution < 1.29 is 4.39 Å². The van der Waals surface area contributed by atoms with Crippen LogP contribution in [0.5, 0.6) is 0 Å². The van der Waals surface area contributed by atoms with Gasteiger partial charge in [0, 0.05) is 16.6 Å². The van der Waals surface area contributed by atoms with Gasteiger partial charge in [-0.15, -0.1) is 0 Å². The Labute approximate surface area is 149 Å². The predicted octanol–water partition coefficient (Wildman–Crippen LogP) is 4.27. The van der Waals surface area contributed by atoms with E-state index in [1.807, 2.05) is 11.5 Å². The van der Waals surface area contributed by atoms with Gasteiger partial charge in [0.25, 0.3) is 5.56 Å². The normalized spacial score (nSPS) is 11.3. The summed E-state index contributed by atoms with van der Waals surface area (Å²) in [4.78, 5) is 17.3. The summed E-state index contributed by atoms with van der Waals surface area (Å²) in [7, 11) is 0. The SMILES string of the molecule is CCn1c(=S)sc2c(=O)n(Cc3ccc(Br)cc3F)c(C)nc21. The maximum absolute atomic E-state index is 14.1. The van der Waals surface area contributed by atoms with E-state index in [0.717, 1.165) is 0 Å². The van der Waals surface area contributed by atoms with Crippen LogP contribution in [-0.2, 0) is 13.1 Å². The van der Waals surface area contributed by atoms with Crippen LogP contribution in [0.2, 0.25) is 0 Å². The Morgan fingerprint density at radius 3 is 2.78 bits per heavy atom. The molecule has 23 heavy (non-hydrogen) atoms. The highest BCUT2D eigenvalue weighted by Crippen LogP contribution is 2.20. The van der Waals surface area contributed by atoms with Crippen LogP contribution in [0.1, 0.15) is 18.3 Å². The highest BCUT2D eigenvalue weighted by molar-refractivity contribution is 9.10. The van der Waals surface area contributed by atoms with E-state index in [2.05, 4.69) is 20.9 Å². The standard InChI is InChI=1S/C15H13BrFN3OS2/c1-3-19-13-12(23-15(19)22)14(21)20(8(2)18-13)7-9-4-5-10(16)6-11(9)17/h4-6H,3,7H2,1-2H3. The lowest BCUT2D eigenvalue weighted by Gasteiger charge is -2.11. The Balaban J connectivity index is 2.19. The van der Waals surface area contributed by atoms with Crippen LogP contribution in [0, 0.1) is 16.7 Å². The minimum Gasteiger partial charge on any atom is -0.308 e. The number of thiazole rings is 1. The topological polar surface area (TPSA) is 39.8 Å². The molecule has 0 spiro atoms. The predicted molar refractivity (Wildman–Crippen MR) is 96.3 cm³/mol. The lowest BCUT2D eigenvalue weighted by Crippen LogP contribution is -2.24. The summed E-state index contributed by atoms with van der Waals surface area (Å²) < 4.78 is 19.2. The Morgan fingerprint density at radius 1 is 1.39 bits per heavy atom. The molecule has 0 aliphatic carbocycles. The van der Waals surface area contributed by atoms with Gasteiger partial charge >= 0.3 is 0 Å². The van der Waals surface area contributed by atoms with Gasteiger partial charge < -0.3 is 4.57 Å². The van der Waals surface area contributed by atoms with Gasteiger partial charge in [-0.25, -0.2) is 9.37 Å². The maximum Gasteiger partial charge on any atom is 0.273 e. The van der Waals surface area contributed by atoms with Crippen molar-refractivity contribution in [2.75, 3.05) is 0 Å². The van der Waals surface area contributed by atoms with E-state index in [9.17, 15) is 9.18 Å². The van der Waals surface area contributed by atoms with Gasteiger partial charge in [0.1, 0.15) is 16.3 Å². The second-order valence-electron chi connectivity index (χ2n) is 5.05. The van der Waals surface area contributed by atoms with Gasteiger partial charge in [-0.3, -0.25) is 9.36 Å². The van der Waals surface area contributed by atoms with Crippen molar-refractivity contribution in [2.24, 2.45) is 0 Å². The van der Waals surface area contributed by atoms with Crippen LogP contribution in [-0.4, -0.2) is 14.1 Å². The molecule has 8 heteroatoms. The first-order chi connectivity index (χ1) is 10.9. The van der Waals surface area contributed by atoms with Crippen LogP contribution in [0.3, 0.4) is 0 Å². The molecule has 0 aliphatic rings. The molecule has 3 aromatic rings. The van der Waals surface area contributed by atoms with Gasteiger partial charge in [-0.2, -0.15) is 0 Å². The summed E-state index contributed by atoms with van der Waals surface area (Å²) in [6.07, 6.45) is 0. The fraction of sp³-hybridized carbons (Fsp3) is 0.267. The van der Waals surface area contributed by atoms with E-state index < -0.39 is 0 Å². The number of hydrogen-bond donors (Lipinski definition) is 0. The summed E-state index contributed by atoms with van der Waals surface area (Å²) in [6.45, 7) is 4.51. The molecule has 0 atom stereocenters. The molecule has 0 fully saturated rings. The Bertz CT molecular complexity index is 1020. The molecule has 0 bridgehead atoms. The number of fused-ring (bicyclic) bond motifs is 1. The van der Waals surface area contributed by atoms with Gasteiger partial charge in [-0.1, -0.05) is 33.3 Å². The molecule has 0 aliphatic heterocycles. The third-order valence-electron chi connectivity index (χ3n) is 3.63. The highest BCUT2D eigenvalue weighted by atomic mass is 79.9. The summed E-state index contributed by atoms with van der Waals surface area (Å²) in [6, 6.07) is 4.80. The average Bonchev–Trinajstić information content (AvgIpc) is 2.81. The molecule has 0 N–H and O–H groups in total. The van der Waals surface area contributed by atoms with Crippen molar-refractivity contribution in [3.8, 4) is 0 Å². The van der Waals surface area contributed by atoms with Gasteiger partial charge in [-0.05, 0) is 38.2 Å².